The number of esters is 1. The molecular formula is C20H17FN2O3. The molecule has 0 unspecified atom stereocenters. The number of nitrogens with zero attached hydrogens (tertiary/aromatic N) is 1. The number of aromatic nitrogens is 1. The zero-order valence-electron chi connectivity index (χ0n) is 14.6. The third-order valence-corrected chi connectivity index (χ3v) is 4.20. The number of carbonyl (C=O) groups excluding carboxylic acids is 2. The number of nitrogens with one attached hydrogen (secondary N) is 1. The molecule has 1 amide bonds. The van der Waals surface area contributed by atoms with E-state index in [1.54, 1.807) is 44.2 Å². The van der Waals surface area contributed by atoms with Crippen molar-refractivity contribution in [2.75, 3.05) is 12.4 Å². The predicted octanol–water partition coefficient (Wildman–Crippen LogP) is 4.03. The number of fused-ring (bicyclic) bond motifs is 1. The molecule has 0 saturated heterocycles. The minimum atomic E-state index is -0.468. The van der Waals surface area contributed by atoms with Gasteiger partial charge < -0.3 is 10.1 Å². The standard InChI is InChI=1S/C20H17FN2O3/c1-11-15(20(25)26-3)5-4-6-17(11)23-19(24)16-9-13-7-8-14(21)10-18(13)22-12(16)2/h4-10H,1-3H3,(H,23,24). The van der Waals surface area contributed by atoms with Crippen LogP contribution in [0.4, 0.5) is 10.1 Å². The second kappa shape index (κ2) is 6.92. The first-order valence-electron chi connectivity index (χ1n) is 7.97. The fourth-order valence-electron chi connectivity index (χ4n) is 2.76. The minimum Gasteiger partial charge on any atom is -0.465 e. The van der Waals surface area contributed by atoms with Gasteiger partial charge in [-0.1, -0.05) is 6.07 Å². The second-order valence-electron chi connectivity index (χ2n) is 5.88. The number of hydrogen-bond donors (Lipinski definition) is 1. The number of amides is 1. The highest BCUT2D eigenvalue weighted by Crippen LogP contribution is 2.22. The molecule has 2 aromatic carbocycles. The molecule has 6 heteroatoms. The van der Waals surface area contributed by atoms with Gasteiger partial charge in [0.15, 0.2) is 0 Å². The van der Waals surface area contributed by atoms with Crippen molar-refractivity contribution < 1.29 is 18.7 Å². The number of ether oxygens (including phenoxy) is 1. The smallest absolute Gasteiger partial charge is 0.338 e. The number of methoxy groups -OCH3 is 1. The van der Waals surface area contributed by atoms with Gasteiger partial charge in [0, 0.05) is 17.1 Å². The Hall–Kier alpha value is -3.28. The Balaban J connectivity index is 1.96. The number of pyridine rings is 1. The molecule has 0 atom stereocenters. The Morgan fingerprint density at radius 1 is 1.08 bits per heavy atom. The highest BCUT2D eigenvalue weighted by Gasteiger charge is 2.16. The van der Waals surface area contributed by atoms with Crippen LogP contribution in [-0.2, 0) is 4.74 Å². The Kier molecular flexibility index (Phi) is 4.67. The monoisotopic (exact) mass is 352 g/mol. The van der Waals surface area contributed by atoms with E-state index in [0.717, 1.165) is 0 Å². The molecule has 0 saturated carbocycles. The molecule has 0 aliphatic rings. The summed E-state index contributed by atoms with van der Waals surface area (Å²) in [7, 11) is 1.31. The van der Waals surface area contributed by atoms with Crippen LogP contribution < -0.4 is 5.32 Å². The molecule has 1 N–H and O–H groups in total. The normalized spacial score (nSPS) is 10.6. The maximum absolute atomic E-state index is 13.3. The SMILES string of the molecule is COC(=O)c1cccc(NC(=O)c2cc3ccc(F)cc3nc2C)c1C. The molecule has 26 heavy (non-hydrogen) atoms. The first-order chi connectivity index (χ1) is 12.4. The fourth-order valence-corrected chi connectivity index (χ4v) is 2.76. The summed E-state index contributed by atoms with van der Waals surface area (Å²) in [6.45, 7) is 3.42. The van der Waals surface area contributed by atoms with E-state index in [1.807, 2.05) is 0 Å². The van der Waals surface area contributed by atoms with Gasteiger partial charge in [-0.05, 0) is 49.7 Å². The first-order valence-corrected chi connectivity index (χ1v) is 7.97. The number of aryl methyl sites for hydroxylation is 1. The molecule has 0 bridgehead atoms. The lowest BCUT2D eigenvalue weighted by Crippen LogP contribution is -2.16. The third kappa shape index (κ3) is 3.26. The van der Waals surface area contributed by atoms with Crippen molar-refractivity contribution in [2.45, 2.75) is 13.8 Å². The van der Waals surface area contributed by atoms with E-state index in [4.69, 9.17) is 4.74 Å². The van der Waals surface area contributed by atoms with Gasteiger partial charge in [-0.3, -0.25) is 9.78 Å². The van der Waals surface area contributed by atoms with E-state index in [0.29, 0.717) is 39.0 Å². The molecule has 0 spiro atoms. The molecule has 5 nitrogen and oxygen atoms in total. The van der Waals surface area contributed by atoms with Crippen molar-refractivity contribution in [1.29, 1.82) is 0 Å². The largest absolute Gasteiger partial charge is 0.465 e. The van der Waals surface area contributed by atoms with E-state index in [1.165, 1.54) is 19.2 Å². The number of rotatable bonds is 3. The maximum atomic E-state index is 13.3. The Morgan fingerprint density at radius 3 is 2.58 bits per heavy atom. The van der Waals surface area contributed by atoms with Crippen LogP contribution in [0.15, 0.2) is 42.5 Å². The summed E-state index contributed by atoms with van der Waals surface area (Å²) in [6, 6.07) is 10.9. The number of carbonyl (C=O) groups is 2. The zero-order chi connectivity index (χ0) is 18.8. The summed E-state index contributed by atoms with van der Waals surface area (Å²) in [5.74, 6) is -1.20. The van der Waals surface area contributed by atoms with E-state index < -0.39 is 5.97 Å². The topological polar surface area (TPSA) is 68.3 Å². The summed E-state index contributed by atoms with van der Waals surface area (Å²) in [5.41, 5.74) is 2.86. The molecule has 0 aliphatic heterocycles. The molecule has 0 radical (unpaired) electrons. The lowest BCUT2D eigenvalue weighted by molar-refractivity contribution is 0.0599. The van der Waals surface area contributed by atoms with Crippen molar-refractivity contribution in [3.63, 3.8) is 0 Å². The van der Waals surface area contributed by atoms with Crippen molar-refractivity contribution >= 4 is 28.5 Å². The average molecular weight is 352 g/mol. The molecule has 0 fully saturated rings. The van der Waals surface area contributed by atoms with Crippen LogP contribution >= 0.6 is 0 Å². The molecule has 3 aromatic rings. The number of benzene rings is 2. The second-order valence-corrected chi connectivity index (χ2v) is 5.88. The van der Waals surface area contributed by atoms with Crippen LogP contribution in [0, 0.1) is 19.7 Å². The minimum absolute atomic E-state index is 0.355. The highest BCUT2D eigenvalue weighted by atomic mass is 19.1. The summed E-state index contributed by atoms with van der Waals surface area (Å²) in [6.07, 6.45) is 0. The van der Waals surface area contributed by atoms with Gasteiger partial charge in [0.25, 0.3) is 5.91 Å². The summed E-state index contributed by atoms with van der Waals surface area (Å²) in [4.78, 5) is 28.8. The number of halogens is 1. The molecule has 132 valence electrons. The molecular weight excluding hydrogens is 335 g/mol. The summed E-state index contributed by atoms with van der Waals surface area (Å²) < 4.78 is 18.1. The van der Waals surface area contributed by atoms with Gasteiger partial charge in [-0.15, -0.1) is 0 Å². The number of anilines is 1. The molecule has 0 aliphatic carbocycles. The van der Waals surface area contributed by atoms with Crippen LogP contribution in [0.2, 0.25) is 0 Å². The van der Waals surface area contributed by atoms with Gasteiger partial charge >= 0.3 is 5.97 Å². The third-order valence-electron chi connectivity index (χ3n) is 4.20. The molecule has 1 aromatic heterocycles. The summed E-state index contributed by atoms with van der Waals surface area (Å²) >= 11 is 0. The van der Waals surface area contributed by atoms with Crippen LogP contribution in [0.3, 0.4) is 0 Å². The van der Waals surface area contributed by atoms with Gasteiger partial charge in [0.1, 0.15) is 5.82 Å². The van der Waals surface area contributed by atoms with Crippen LogP contribution in [0.5, 0.6) is 0 Å². The van der Waals surface area contributed by atoms with Gasteiger partial charge in [-0.2, -0.15) is 0 Å². The fraction of sp³-hybridized carbons (Fsp3) is 0.150. The highest BCUT2D eigenvalue weighted by molar-refractivity contribution is 6.07. The van der Waals surface area contributed by atoms with Crippen molar-refractivity contribution in [1.82, 2.24) is 4.98 Å². The van der Waals surface area contributed by atoms with E-state index in [9.17, 15) is 14.0 Å². The average Bonchev–Trinajstić information content (AvgIpc) is 2.62. The van der Waals surface area contributed by atoms with Gasteiger partial charge in [0.2, 0.25) is 0 Å². The maximum Gasteiger partial charge on any atom is 0.338 e. The van der Waals surface area contributed by atoms with Crippen molar-refractivity contribution in [3.05, 3.63) is 70.7 Å². The zero-order valence-corrected chi connectivity index (χ0v) is 14.6. The predicted molar refractivity (Wildman–Crippen MR) is 96.9 cm³/mol. The Labute approximate surface area is 149 Å². The quantitative estimate of drug-likeness (QED) is 0.723. The molecule has 1 heterocycles. The van der Waals surface area contributed by atoms with E-state index >= 15 is 0 Å². The van der Waals surface area contributed by atoms with Crippen LogP contribution in [0.25, 0.3) is 10.9 Å². The number of hydrogen-bond acceptors (Lipinski definition) is 4. The molecule has 3 rings (SSSR count). The van der Waals surface area contributed by atoms with E-state index in [2.05, 4.69) is 10.3 Å². The van der Waals surface area contributed by atoms with Gasteiger partial charge in [-0.25, -0.2) is 9.18 Å². The van der Waals surface area contributed by atoms with Crippen LogP contribution in [-0.4, -0.2) is 24.0 Å². The lowest BCUT2D eigenvalue weighted by atomic mass is 10.1. The Morgan fingerprint density at radius 2 is 1.85 bits per heavy atom. The first kappa shape index (κ1) is 17.5. The Bertz CT molecular complexity index is 1030. The van der Waals surface area contributed by atoms with Crippen molar-refractivity contribution in [3.8, 4) is 0 Å². The lowest BCUT2D eigenvalue weighted by Gasteiger charge is -2.13. The van der Waals surface area contributed by atoms with Crippen LogP contribution in [0.1, 0.15) is 32.0 Å². The van der Waals surface area contributed by atoms with Crippen molar-refractivity contribution in [2.24, 2.45) is 0 Å². The van der Waals surface area contributed by atoms with E-state index in [-0.39, 0.29) is 11.7 Å². The van der Waals surface area contributed by atoms with Gasteiger partial charge in [0.05, 0.1) is 29.4 Å². The summed E-state index contributed by atoms with van der Waals surface area (Å²) in [5, 5.41) is 3.47.